The van der Waals surface area contributed by atoms with Crippen molar-refractivity contribution < 1.29 is 13.2 Å². The largest absolute Gasteiger partial charge is 0.300 e. The van der Waals surface area contributed by atoms with Crippen LogP contribution in [0.3, 0.4) is 0 Å². The third-order valence-electron chi connectivity index (χ3n) is 2.52. The number of hydrogen-bond acceptors (Lipinski definition) is 3. The molecule has 0 aliphatic heterocycles. The zero-order valence-corrected chi connectivity index (χ0v) is 10.9. The molecule has 0 fully saturated rings. The van der Waals surface area contributed by atoms with Crippen LogP contribution in [0.15, 0.2) is 30.3 Å². The summed E-state index contributed by atoms with van der Waals surface area (Å²) in [6.07, 6.45) is 3.42. The highest BCUT2D eigenvalue weighted by Crippen LogP contribution is 2.06. The van der Waals surface area contributed by atoms with E-state index < -0.39 is 9.84 Å². The topological polar surface area (TPSA) is 51.2 Å². The summed E-state index contributed by atoms with van der Waals surface area (Å²) >= 11 is 0. The van der Waals surface area contributed by atoms with Gasteiger partial charge in [0.2, 0.25) is 0 Å². The molecule has 0 aromatic heterocycles. The minimum Gasteiger partial charge on any atom is -0.300 e. The molecule has 0 aliphatic rings. The van der Waals surface area contributed by atoms with E-state index in [1.54, 1.807) is 0 Å². The van der Waals surface area contributed by atoms with E-state index >= 15 is 0 Å². The average molecular weight is 254 g/mol. The van der Waals surface area contributed by atoms with E-state index in [-0.39, 0.29) is 18.0 Å². The molecule has 0 saturated heterocycles. The van der Waals surface area contributed by atoms with E-state index in [0.29, 0.717) is 6.42 Å². The van der Waals surface area contributed by atoms with Crippen LogP contribution < -0.4 is 0 Å². The summed E-state index contributed by atoms with van der Waals surface area (Å²) in [4.78, 5) is 11.4. The Hall–Kier alpha value is -1.16. The lowest BCUT2D eigenvalue weighted by molar-refractivity contribution is -0.118. The molecule has 1 aromatic carbocycles. The fraction of sp³-hybridized carbons (Fsp3) is 0.462. The lowest BCUT2D eigenvalue weighted by Gasteiger charge is -2.01. The van der Waals surface area contributed by atoms with Crippen LogP contribution in [0.1, 0.15) is 24.8 Å². The molecule has 17 heavy (non-hydrogen) atoms. The minimum atomic E-state index is -3.02. The number of carbonyl (C=O) groups is 1. The summed E-state index contributed by atoms with van der Waals surface area (Å²) in [6, 6.07) is 9.96. The lowest BCUT2D eigenvalue weighted by atomic mass is 10.1. The Morgan fingerprint density at radius 1 is 1.12 bits per heavy atom. The summed E-state index contributed by atoms with van der Waals surface area (Å²) in [7, 11) is -3.02. The highest BCUT2D eigenvalue weighted by Gasteiger charge is 2.07. The van der Waals surface area contributed by atoms with E-state index in [4.69, 9.17) is 0 Å². The fourth-order valence-corrected chi connectivity index (χ4v) is 2.16. The maximum Gasteiger partial charge on any atom is 0.147 e. The van der Waals surface area contributed by atoms with Crippen molar-refractivity contribution in [3.8, 4) is 0 Å². The van der Waals surface area contributed by atoms with Crippen molar-refractivity contribution in [1.29, 1.82) is 0 Å². The van der Waals surface area contributed by atoms with E-state index in [1.165, 1.54) is 5.56 Å². The molecule has 0 bridgehead atoms. The van der Waals surface area contributed by atoms with Crippen LogP contribution in [-0.2, 0) is 21.1 Å². The molecule has 0 N–H and O–H groups in total. The highest BCUT2D eigenvalue weighted by atomic mass is 32.2. The van der Waals surface area contributed by atoms with Gasteiger partial charge in [-0.3, -0.25) is 4.79 Å². The van der Waals surface area contributed by atoms with Gasteiger partial charge in [0.05, 0.1) is 5.75 Å². The number of hydrogen-bond donors (Lipinski definition) is 0. The fourth-order valence-electron chi connectivity index (χ4n) is 1.56. The SMILES string of the molecule is CS(=O)(=O)CCC(=O)CCCc1ccccc1. The molecule has 0 radical (unpaired) electrons. The van der Waals surface area contributed by atoms with Crippen LogP contribution in [0, 0.1) is 0 Å². The number of benzene rings is 1. The third kappa shape index (κ3) is 6.89. The molecule has 0 unspecified atom stereocenters. The second-order valence-corrected chi connectivity index (χ2v) is 6.52. The Morgan fingerprint density at radius 3 is 2.35 bits per heavy atom. The molecule has 0 amide bonds. The van der Waals surface area contributed by atoms with Crippen molar-refractivity contribution in [1.82, 2.24) is 0 Å². The van der Waals surface area contributed by atoms with Gasteiger partial charge in [-0.15, -0.1) is 0 Å². The van der Waals surface area contributed by atoms with Gasteiger partial charge < -0.3 is 0 Å². The van der Waals surface area contributed by atoms with E-state index in [9.17, 15) is 13.2 Å². The van der Waals surface area contributed by atoms with Gasteiger partial charge in [-0.1, -0.05) is 30.3 Å². The molecule has 0 atom stereocenters. The van der Waals surface area contributed by atoms with Gasteiger partial charge >= 0.3 is 0 Å². The van der Waals surface area contributed by atoms with Crippen molar-refractivity contribution in [3.05, 3.63) is 35.9 Å². The second kappa shape index (κ2) is 6.55. The van der Waals surface area contributed by atoms with Gasteiger partial charge in [-0.25, -0.2) is 8.42 Å². The Balaban J connectivity index is 2.21. The predicted octanol–water partition coefficient (Wildman–Crippen LogP) is 2.01. The number of Topliss-reactive ketones (excluding diaryl/α,β-unsaturated/α-hetero) is 1. The van der Waals surface area contributed by atoms with Gasteiger partial charge in [0.15, 0.2) is 0 Å². The van der Waals surface area contributed by atoms with Crippen molar-refractivity contribution >= 4 is 15.6 Å². The molecule has 0 saturated carbocycles. The molecule has 0 heterocycles. The van der Waals surface area contributed by atoms with Crippen LogP contribution in [0.5, 0.6) is 0 Å². The van der Waals surface area contributed by atoms with Crippen LogP contribution >= 0.6 is 0 Å². The summed E-state index contributed by atoms with van der Waals surface area (Å²) < 4.78 is 21.8. The molecule has 94 valence electrons. The number of sulfone groups is 1. The molecule has 4 heteroatoms. The summed E-state index contributed by atoms with van der Waals surface area (Å²) in [5.41, 5.74) is 1.21. The van der Waals surface area contributed by atoms with Crippen molar-refractivity contribution in [2.24, 2.45) is 0 Å². The molecule has 1 aromatic rings. The number of ketones is 1. The van der Waals surface area contributed by atoms with Gasteiger partial charge in [0.25, 0.3) is 0 Å². The standard InChI is InChI=1S/C13H18O3S/c1-17(15,16)11-10-13(14)9-5-8-12-6-3-2-4-7-12/h2-4,6-7H,5,8-11H2,1H3. The Labute approximate surface area is 103 Å². The molecular formula is C13H18O3S. The van der Waals surface area contributed by atoms with Crippen molar-refractivity contribution in [3.63, 3.8) is 0 Å². The van der Waals surface area contributed by atoms with Gasteiger partial charge in [0.1, 0.15) is 15.6 Å². The Kier molecular flexibility index (Phi) is 5.35. The smallest absolute Gasteiger partial charge is 0.147 e. The molecular weight excluding hydrogens is 236 g/mol. The van der Waals surface area contributed by atoms with Crippen LogP contribution in [0.2, 0.25) is 0 Å². The number of carbonyl (C=O) groups excluding carboxylic acids is 1. The number of rotatable bonds is 7. The summed E-state index contributed by atoms with van der Waals surface area (Å²) in [5, 5.41) is 0. The normalized spacial score (nSPS) is 11.4. The molecule has 1 rings (SSSR count). The van der Waals surface area contributed by atoms with E-state index in [1.807, 2.05) is 30.3 Å². The molecule has 0 aliphatic carbocycles. The monoisotopic (exact) mass is 254 g/mol. The first kappa shape index (κ1) is 13.9. The average Bonchev–Trinajstić information content (AvgIpc) is 2.27. The quantitative estimate of drug-likeness (QED) is 0.748. The van der Waals surface area contributed by atoms with Crippen LogP contribution in [0.4, 0.5) is 0 Å². The zero-order valence-electron chi connectivity index (χ0n) is 10.1. The zero-order chi connectivity index (χ0) is 12.7. The first-order valence-electron chi connectivity index (χ1n) is 5.71. The summed E-state index contributed by atoms with van der Waals surface area (Å²) in [5.74, 6) is 0.00308. The number of aryl methyl sites for hydroxylation is 1. The summed E-state index contributed by atoms with van der Waals surface area (Å²) in [6.45, 7) is 0. The Morgan fingerprint density at radius 2 is 1.76 bits per heavy atom. The van der Waals surface area contributed by atoms with Crippen molar-refractivity contribution in [2.75, 3.05) is 12.0 Å². The van der Waals surface area contributed by atoms with E-state index in [0.717, 1.165) is 19.1 Å². The predicted molar refractivity (Wildman–Crippen MR) is 68.7 cm³/mol. The second-order valence-electron chi connectivity index (χ2n) is 4.26. The maximum absolute atomic E-state index is 11.4. The van der Waals surface area contributed by atoms with Gasteiger partial charge in [-0.2, -0.15) is 0 Å². The highest BCUT2D eigenvalue weighted by molar-refractivity contribution is 7.90. The van der Waals surface area contributed by atoms with Gasteiger partial charge in [0, 0.05) is 19.1 Å². The Bertz CT molecular complexity index is 449. The van der Waals surface area contributed by atoms with Crippen LogP contribution in [0.25, 0.3) is 0 Å². The van der Waals surface area contributed by atoms with Gasteiger partial charge in [-0.05, 0) is 18.4 Å². The minimum absolute atomic E-state index is 0.0306. The maximum atomic E-state index is 11.4. The van der Waals surface area contributed by atoms with E-state index in [2.05, 4.69) is 0 Å². The molecule has 0 spiro atoms. The lowest BCUT2D eigenvalue weighted by Crippen LogP contribution is -2.09. The first-order valence-corrected chi connectivity index (χ1v) is 7.77. The van der Waals surface area contributed by atoms with Crippen molar-refractivity contribution in [2.45, 2.75) is 25.7 Å². The van der Waals surface area contributed by atoms with Crippen LogP contribution in [-0.4, -0.2) is 26.2 Å². The third-order valence-corrected chi connectivity index (χ3v) is 3.46. The molecule has 3 nitrogen and oxygen atoms in total. The first-order chi connectivity index (χ1) is 7.97.